The second-order valence-electron chi connectivity index (χ2n) is 3.51. The van der Waals surface area contributed by atoms with Crippen LogP contribution in [0.1, 0.15) is 22.8 Å². The van der Waals surface area contributed by atoms with E-state index in [1.165, 1.54) is 0 Å². The van der Waals surface area contributed by atoms with Crippen molar-refractivity contribution >= 4 is 23.5 Å². The van der Waals surface area contributed by atoms with E-state index in [9.17, 15) is 9.59 Å². The molecule has 0 aliphatic carbocycles. The number of halogens is 1. The standard InChI is InChI=1S/C14H14ClNO3/c1-2-19-14(18)12-7-3-5-11(9-12)6-4-8-16-13(17)10-15/h3,5,7,9H,2,8,10H2,1H3,(H,16,17). The van der Waals surface area contributed by atoms with Crippen LogP contribution in [0.25, 0.3) is 0 Å². The van der Waals surface area contributed by atoms with Crippen molar-refractivity contribution in [3.8, 4) is 11.8 Å². The van der Waals surface area contributed by atoms with E-state index in [4.69, 9.17) is 16.3 Å². The summed E-state index contributed by atoms with van der Waals surface area (Å²) in [6.07, 6.45) is 0. The number of carbonyl (C=O) groups is 2. The number of carbonyl (C=O) groups excluding carboxylic acids is 2. The molecule has 1 N–H and O–H groups in total. The second-order valence-corrected chi connectivity index (χ2v) is 3.78. The predicted octanol–water partition coefficient (Wildman–Crippen LogP) is 1.57. The molecule has 1 amide bonds. The third-order valence-corrected chi connectivity index (χ3v) is 2.34. The zero-order valence-electron chi connectivity index (χ0n) is 10.5. The van der Waals surface area contributed by atoms with E-state index in [0.717, 1.165) is 0 Å². The fourth-order valence-corrected chi connectivity index (χ4v) is 1.37. The third kappa shape index (κ3) is 5.45. The molecule has 1 rings (SSSR count). The summed E-state index contributed by atoms with van der Waals surface area (Å²) in [4.78, 5) is 22.4. The number of hydrogen-bond donors (Lipinski definition) is 1. The molecule has 19 heavy (non-hydrogen) atoms. The average molecular weight is 280 g/mol. The normalized spacial score (nSPS) is 9.16. The minimum Gasteiger partial charge on any atom is -0.462 e. The number of ether oxygens (including phenoxy) is 1. The molecular weight excluding hydrogens is 266 g/mol. The van der Waals surface area contributed by atoms with Crippen molar-refractivity contribution in [3.05, 3.63) is 35.4 Å². The maximum atomic E-state index is 11.5. The number of rotatable bonds is 4. The maximum Gasteiger partial charge on any atom is 0.338 e. The van der Waals surface area contributed by atoms with Gasteiger partial charge in [-0.2, -0.15) is 0 Å². The highest BCUT2D eigenvalue weighted by Gasteiger charge is 2.05. The van der Waals surface area contributed by atoms with Gasteiger partial charge in [-0.25, -0.2) is 4.79 Å². The quantitative estimate of drug-likeness (QED) is 0.517. The molecule has 1 aromatic carbocycles. The highest BCUT2D eigenvalue weighted by molar-refractivity contribution is 6.27. The predicted molar refractivity (Wildman–Crippen MR) is 73.0 cm³/mol. The van der Waals surface area contributed by atoms with E-state index < -0.39 is 0 Å². The van der Waals surface area contributed by atoms with Crippen molar-refractivity contribution in [1.29, 1.82) is 0 Å². The smallest absolute Gasteiger partial charge is 0.338 e. The molecule has 0 saturated carbocycles. The third-order valence-electron chi connectivity index (χ3n) is 2.10. The number of nitrogens with one attached hydrogen (secondary N) is 1. The monoisotopic (exact) mass is 279 g/mol. The van der Waals surface area contributed by atoms with Crippen LogP contribution in [0.15, 0.2) is 24.3 Å². The van der Waals surface area contributed by atoms with Crippen LogP contribution in [0.2, 0.25) is 0 Å². The topological polar surface area (TPSA) is 55.4 Å². The van der Waals surface area contributed by atoms with E-state index in [2.05, 4.69) is 17.2 Å². The Kier molecular flexibility index (Phi) is 6.48. The molecule has 5 heteroatoms. The van der Waals surface area contributed by atoms with Crippen LogP contribution in [0.5, 0.6) is 0 Å². The van der Waals surface area contributed by atoms with Gasteiger partial charge in [-0.05, 0) is 25.1 Å². The van der Waals surface area contributed by atoms with Gasteiger partial charge >= 0.3 is 5.97 Å². The maximum absolute atomic E-state index is 11.5. The first-order chi connectivity index (χ1) is 9.17. The van der Waals surface area contributed by atoms with Crippen molar-refractivity contribution in [2.24, 2.45) is 0 Å². The summed E-state index contributed by atoms with van der Waals surface area (Å²) in [6, 6.07) is 6.82. The first kappa shape index (κ1) is 15.1. The zero-order chi connectivity index (χ0) is 14.1. The zero-order valence-corrected chi connectivity index (χ0v) is 11.3. The Labute approximate surface area is 117 Å². The van der Waals surface area contributed by atoms with Crippen molar-refractivity contribution in [3.63, 3.8) is 0 Å². The van der Waals surface area contributed by atoms with Crippen molar-refractivity contribution in [2.45, 2.75) is 6.92 Å². The number of hydrogen-bond acceptors (Lipinski definition) is 3. The second kappa shape index (κ2) is 8.17. The number of benzene rings is 1. The van der Waals surface area contributed by atoms with Crippen LogP contribution < -0.4 is 5.32 Å². The van der Waals surface area contributed by atoms with Gasteiger partial charge in [0.05, 0.1) is 18.7 Å². The van der Waals surface area contributed by atoms with Crippen LogP contribution in [0.3, 0.4) is 0 Å². The molecule has 0 aliphatic rings. The van der Waals surface area contributed by atoms with Crippen LogP contribution in [0.4, 0.5) is 0 Å². The minimum atomic E-state index is -0.374. The molecule has 0 atom stereocenters. The van der Waals surface area contributed by atoms with E-state index in [1.807, 2.05) is 0 Å². The molecule has 1 aromatic rings. The lowest BCUT2D eigenvalue weighted by Crippen LogP contribution is -2.24. The number of esters is 1. The Hall–Kier alpha value is -1.99. The Bertz CT molecular complexity index is 517. The van der Waals surface area contributed by atoms with Gasteiger partial charge < -0.3 is 10.1 Å². The fourth-order valence-electron chi connectivity index (χ4n) is 1.27. The molecule has 0 saturated heterocycles. The molecular formula is C14H14ClNO3. The van der Waals surface area contributed by atoms with Gasteiger partial charge in [0, 0.05) is 5.56 Å². The van der Waals surface area contributed by atoms with E-state index >= 15 is 0 Å². The van der Waals surface area contributed by atoms with Crippen molar-refractivity contribution < 1.29 is 14.3 Å². The molecule has 0 aliphatic heterocycles. The van der Waals surface area contributed by atoms with Gasteiger partial charge in [-0.1, -0.05) is 17.9 Å². The van der Waals surface area contributed by atoms with Gasteiger partial charge in [0.15, 0.2) is 0 Å². The van der Waals surface area contributed by atoms with Gasteiger partial charge in [-0.15, -0.1) is 11.6 Å². The molecule has 0 aromatic heterocycles. The van der Waals surface area contributed by atoms with Crippen molar-refractivity contribution in [2.75, 3.05) is 19.0 Å². The molecule has 0 fully saturated rings. The molecule has 100 valence electrons. The van der Waals surface area contributed by atoms with Gasteiger partial charge in [0.2, 0.25) is 5.91 Å². The molecule has 0 bridgehead atoms. The Morgan fingerprint density at radius 1 is 1.42 bits per heavy atom. The minimum absolute atomic E-state index is 0.0833. The first-order valence-electron chi connectivity index (χ1n) is 5.76. The van der Waals surface area contributed by atoms with E-state index in [0.29, 0.717) is 17.7 Å². The van der Waals surface area contributed by atoms with E-state index in [1.54, 1.807) is 31.2 Å². The summed E-state index contributed by atoms with van der Waals surface area (Å²) in [5, 5.41) is 2.52. The van der Waals surface area contributed by atoms with Gasteiger partial charge in [-0.3, -0.25) is 4.79 Å². The highest BCUT2D eigenvalue weighted by Crippen LogP contribution is 2.05. The summed E-state index contributed by atoms with van der Waals surface area (Å²) in [7, 11) is 0. The number of amides is 1. The Balaban J connectivity index is 2.64. The van der Waals surface area contributed by atoms with Crippen LogP contribution in [-0.4, -0.2) is 30.9 Å². The SMILES string of the molecule is CCOC(=O)c1cccc(C#CCNC(=O)CCl)c1. The molecule has 4 nitrogen and oxygen atoms in total. The summed E-state index contributed by atoms with van der Waals surface area (Å²) in [5.74, 6) is 4.89. The molecule has 0 unspecified atom stereocenters. The highest BCUT2D eigenvalue weighted by atomic mass is 35.5. The lowest BCUT2D eigenvalue weighted by atomic mass is 10.1. The molecule has 0 spiro atoms. The van der Waals surface area contributed by atoms with E-state index in [-0.39, 0.29) is 24.3 Å². The lowest BCUT2D eigenvalue weighted by molar-refractivity contribution is -0.118. The lowest BCUT2D eigenvalue weighted by Gasteiger charge is -2.01. The van der Waals surface area contributed by atoms with Crippen molar-refractivity contribution in [1.82, 2.24) is 5.32 Å². The summed E-state index contributed by atoms with van der Waals surface area (Å²) in [5.41, 5.74) is 1.14. The summed E-state index contributed by atoms with van der Waals surface area (Å²) < 4.78 is 4.90. The van der Waals surface area contributed by atoms with Crippen LogP contribution in [-0.2, 0) is 9.53 Å². The summed E-state index contributed by atoms with van der Waals surface area (Å²) in [6.45, 7) is 2.30. The Morgan fingerprint density at radius 2 is 2.21 bits per heavy atom. The first-order valence-corrected chi connectivity index (χ1v) is 6.29. The largest absolute Gasteiger partial charge is 0.462 e. The molecule has 0 radical (unpaired) electrons. The summed E-state index contributed by atoms with van der Waals surface area (Å²) >= 11 is 5.32. The molecule has 0 heterocycles. The van der Waals surface area contributed by atoms with Gasteiger partial charge in [0.25, 0.3) is 0 Å². The fraction of sp³-hybridized carbons (Fsp3) is 0.286. The average Bonchev–Trinajstić information content (AvgIpc) is 2.44. The van der Waals surface area contributed by atoms with Gasteiger partial charge in [0.1, 0.15) is 5.88 Å². The van der Waals surface area contributed by atoms with Crippen LogP contribution in [0, 0.1) is 11.8 Å². The number of alkyl halides is 1. The Morgan fingerprint density at radius 3 is 2.89 bits per heavy atom. The van der Waals surface area contributed by atoms with Crippen LogP contribution >= 0.6 is 11.6 Å².